The molecule has 4 aromatic rings. The van der Waals surface area contributed by atoms with E-state index >= 15 is 0 Å². The summed E-state index contributed by atoms with van der Waals surface area (Å²) in [5.41, 5.74) is 4.28. The summed E-state index contributed by atoms with van der Waals surface area (Å²) in [4.78, 5) is 29.8. The molecule has 198 valence electrons. The summed E-state index contributed by atoms with van der Waals surface area (Å²) in [6.45, 7) is 10.1. The van der Waals surface area contributed by atoms with Crippen LogP contribution in [0.25, 0.3) is 16.6 Å². The molecule has 1 atom stereocenters. The first kappa shape index (κ1) is 27.3. The molecule has 0 amide bonds. The molecule has 0 spiro atoms. The van der Waals surface area contributed by atoms with E-state index in [4.69, 9.17) is 14.5 Å². The molecule has 2 heterocycles. The van der Waals surface area contributed by atoms with Crippen LogP contribution in [0.2, 0.25) is 0 Å². The van der Waals surface area contributed by atoms with Gasteiger partial charge in [0, 0.05) is 33.0 Å². The lowest BCUT2D eigenvalue weighted by Crippen LogP contribution is -2.23. The third-order valence-electron chi connectivity index (χ3n) is 6.43. The molecule has 0 N–H and O–H groups in total. The first-order valence-corrected chi connectivity index (χ1v) is 13.4. The minimum Gasteiger partial charge on any atom is -0.482 e. The molecule has 0 fully saturated rings. The van der Waals surface area contributed by atoms with Gasteiger partial charge in [-0.15, -0.1) is 0 Å². The molecule has 38 heavy (non-hydrogen) atoms. The number of carbonyl (C=O) groups is 1. The van der Waals surface area contributed by atoms with Crippen LogP contribution in [0.3, 0.4) is 0 Å². The highest BCUT2D eigenvalue weighted by Gasteiger charge is 2.16. The van der Waals surface area contributed by atoms with E-state index in [2.05, 4.69) is 32.5 Å². The van der Waals surface area contributed by atoms with Crippen molar-refractivity contribution < 1.29 is 14.3 Å². The van der Waals surface area contributed by atoms with E-state index in [1.807, 2.05) is 63.2 Å². The van der Waals surface area contributed by atoms with Gasteiger partial charge in [-0.25, -0.2) is 9.78 Å². The Labute approximate surface area is 230 Å². The summed E-state index contributed by atoms with van der Waals surface area (Å²) in [7, 11) is 0. The van der Waals surface area contributed by atoms with Crippen LogP contribution in [-0.4, -0.2) is 39.6 Å². The highest BCUT2D eigenvalue weighted by Crippen LogP contribution is 2.23. The van der Waals surface area contributed by atoms with E-state index < -0.39 is 5.97 Å². The van der Waals surface area contributed by atoms with Gasteiger partial charge in [0.15, 0.2) is 6.61 Å². The molecule has 0 aliphatic rings. The van der Waals surface area contributed by atoms with Crippen molar-refractivity contribution in [3.63, 3.8) is 0 Å². The smallest absolute Gasteiger partial charge is 0.344 e. The first-order chi connectivity index (χ1) is 18.2. The SMILES string of the molecule is CCOC(=O)COc1ccc(-n2c(C)cc(C=Nn3c([C@H](C)CC)nc4ccc(Br)cc4c3=O)c2C)cc1. The maximum absolute atomic E-state index is 13.4. The molecule has 4 rings (SSSR count). The molecule has 0 saturated heterocycles. The monoisotopic (exact) mass is 578 g/mol. The van der Waals surface area contributed by atoms with Gasteiger partial charge in [0.1, 0.15) is 11.6 Å². The normalized spacial score (nSPS) is 12.3. The molecule has 2 aromatic carbocycles. The average molecular weight is 579 g/mol. The summed E-state index contributed by atoms with van der Waals surface area (Å²) in [5.74, 6) is 0.876. The standard InChI is InChI=1S/C29H31BrN4O4/c1-6-18(3)28-32-26-13-8-22(30)15-25(26)29(36)34(28)31-16-21-14-19(4)33(20(21)5)23-9-11-24(12-10-23)38-17-27(35)37-7-2/h8-16,18H,6-7,17H2,1-5H3/t18-/m1/s1. The number of rotatable bonds is 9. The number of halogens is 1. The highest BCUT2D eigenvalue weighted by molar-refractivity contribution is 9.10. The number of nitrogens with zero attached hydrogens (tertiary/aromatic N) is 4. The van der Waals surface area contributed by atoms with Crippen molar-refractivity contribution in [2.45, 2.75) is 47.0 Å². The van der Waals surface area contributed by atoms with Crippen LogP contribution in [0.1, 0.15) is 55.9 Å². The van der Waals surface area contributed by atoms with Gasteiger partial charge in [0.05, 0.1) is 23.7 Å². The number of benzene rings is 2. The molecular weight excluding hydrogens is 548 g/mol. The van der Waals surface area contributed by atoms with Crippen molar-refractivity contribution in [3.05, 3.63) is 86.1 Å². The lowest BCUT2D eigenvalue weighted by atomic mass is 10.1. The van der Waals surface area contributed by atoms with Crippen LogP contribution >= 0.6 is 15.9 Å². The predicted molar refractivity (Wildman–Crippen MR) is 153 cm³/mol. The second-order valence-electron chi connectivity index (χ2n) is 9.05. The van der Waals surface area contributed by atoms with Gasteiger partial charge in [-0.2, -0.15) is 9.78 Å². The Morgan fingerprint density at radius 3 is 2.55 bits per heavy atom. The third kappa shape index (κ3) is 5.72. The Morgan fingerprint density at radius 2 is 1.87 bits per heavy atom. The van der Waals surface area contributed by atoms with E-state index in [0.717, 1.165) is 33.5 Å². The van der Waals surface area contributed by atoms with E-state index in [1.165, 1.54) is 4.68 Å². The summed E-state index contributed by atoms with van der Waals surface area (Å²) in [5, 5.41) is 5.14. The Kier molecular flexibility index (Phi) is 8.46. The molecule has 0 saturated carbocycles. The van der Waals surface area contributed by atoms with Gasteiger partial charge in [-0.3, -0.25) is 4.79 Å². The Hall–Kier alpha value is -3.72. The maximum atomic E-state index is 13.4. The van der Waals surface area contributed by atoms with Crippen molar-refractivity contribution in [3.8, 4) is 11.4 Å². The molecule has 0 bridgehead atoms. The highest BCUT2D eigenvalue weighted by atomic mass is 79.9. The minimum absolute atomic E-state index is 0.0601. The molecule has 0 aliphatic heterocycles. The zero-order valence-electron chi connectivity index (χ0n) is 22.2. The fourth-order valence-corrected chi connectivity index (χ4v) is 4.61. The van der Waals surface area contributed by atoms with Gasteiger partial charge in [0.25, 0.3) is 5.56 Å². The number of fused-ring (bicyclic) bond motifs is 1. The molecule has 0 aliphatic carbocycles. The maximum Gasteiger partial charge on any atom is 0.344 e. The zero-order chi connectivity index (χ0) is 27.4. The number of aromatic nitrogens is 3. The lowest BCUT2D eigenvalue weighted by Gasteiger charge is -2.14. The predicted octanol–water partition coefficient (Wildman–Crippen LogP) is 5.90. The number of carbonyl (C=O) groups excluding carboxylic acids is 1. The van der Waals surface area contributed by atoms with Crippen LogP contribution in [0.4, 0.5) is 0 Å². The van der Waals surface area contributed by atoms with Crippen LogP contribution in [0.5, 0.6) is 5.75 Å². The summed E-state index contributed by atoms with van der Waals surface area (Å²) < 4.78 is 14.7. The Bertz CT molecular complexity index is 1550. The van der Waals surface area contributed by atoms with Gasteiger partial charge >= 0.3 is 5.97 Å². The summed E-state index contributed by atoms with van der Waals surface area (Å²) >= 11 is 3.45. The van der Waals surface area contributed by atoms with Gasteiger partial charge in [-0.1, -0.05) is 29.8 Å². The van der Waals surface area contributed by atoms with Crippen molar-refractivity contribution >= 4 is 39.0 Å². The molecular formula is C29H31BrN4O4. The zero-order valence-corrected chi connectivity index (χ0v) is 23.8. The number of hydrogen-bond donors (Lipinski definition) is 0. The quantitative estimate of drug-likeness (QED) is 0.182. The molecule has 0 radical (unpaired) electrons. The summed E-state index contributed by atoms with van der Waals surface area (Å²) in [6.07, 6.45) is 2.55. The van der Waals surface area contributed by atoms with Gasteiger partial charge < -0.3 is 14.0 Å². The Morgan fingerprint density at radius 1 is 1.13 bits per heavy atom. The first-order valence-electron chi connectivity index (χ1n) is 12.6. The minimum atomic E-state index is -0.401. The van der Waals surface area contributed by atoms with Gasteiger partial charge in [0.2, 0.25) is 0 Å². The van der Waals surface area contributed by atoms with Crippen LogP contribution < -0.4 is 10.3 Å². The number of aryl methyl sites for hydroxylation is 1. The Balaban J connectivity index is 1.66. The van der Waals surface area contributed by atoms with Crippen LogP contribution in [0.15, 0.2) is 62.9 Å². The van der Waals surface area contributed by atoms with Crippen LogP contribution in [-0.2, 0) is 9.53 Å². The third-order valence-corrected chi connectivity index (χ3v) is 6.92. The topological polar surface area (TPSA) is 87.7 Å². The second kappa shape index (κ2) is 11.8. The molecule has 2 aromatic heterocycles. The fraction of sp³-hybridized carbons (Fsp3) is 0.310. The van der Waals surface area contributed by atoms with Crippen molar-refractivity contribution in [2.75, 3.05) is 13.2 Å². The van der Waals surface area contributed by atoms with Crippen molar-refractivity contribution in [1.29, 1.82) is 0 Å². The summed E-state index contributed by atoms with van der Waals surface area (Å²) in [6, 6.07) is 15.0. The fourth-order valence-electron chi connectivity index (χ4n) is 4.25. The van der Waals surface area contributed by atoms with Crippen molar-refractivity contribution in [1.82, 2.24) is 14.2 Å². The van der Waals surface area contributed by atoms with Crippen molar-refractivity contribution in [2.24, 2.45) is 5.10 Å². The number of ether oxygens (including phenoxy) is 2. The van der Waals surface area contributed by atoms with E-state index in [9.17, 15) is 9.59 Å². The largest absolute Gasteiger partial charge is 0.482 e. The molecule has 0 unspecified atom stereocenters. The van der Waals surface area contributed by atoms with E-state index in [1.54, 1.807) is 19.2 Å². The van der Waals surface area contributed by atoms with E-state index in [-0.39, 0.29) is 18.1 Å². The average Bonchev–Trinajstić information content (AvgIpc) is 3.19. The molecule has 8 nitrogen and oxygen atoms in total. The number of esters is 1. The lowest BCUT2D eigenvalue weighted by molar-refractivity contribution is -0.145. The van der Waals surface area contributed by atoms with E-state index in [0.29, 0.717) is 29.1 Å². The number of hydrogen-bond acceptors (Lipinski definition) is 6. The van der Waals surface area contributed by atoms with Crippen LogP contribution in [0, 0.1) is 13.8 Å². The second-order valence-corrected chi connectivity index (χ2v) is 9.97. The van der Waals surface area contributed by atoms with Gasteiger partial charge in [-0.05, 0) is 75.7 Å². The molecule has 9 heteroatoms.